The predicted octanol–water partition coefficient (Wildman–Crippen LogP) is 7.94. The van der Waals surface area contributed by atoms with Crippen LogP contribution >= 0.6 is 7.82 Å². The van der Waals surface area contributed by atoms with Crippen LogP contribution in [0.4, 0.5) is 0 Å². The summed E-state index contributed by atoms with van der Waals surface area (Å²) in [4.78, 5) is 25.0. The van der Waals surface area contributed by atoms with Crippen molar-refractivity contribution in [3.63, 3.8) is 0 Å². The first-order valence-electron chi connectivity index (χ1n) is 17.5. The number of hydrogen-bond donors (Lipinski definition) is 2. The smallest absolute Gasteiger partial charge is 0.268 e. The maximum Gasteiger partial charge on any atom is 0.268 e. The first kappa shape index (κ1) is 43.5. The number of unbranched alkanes of at least 4 members (excludes halogenated alkanes) is 11. The SMILES string of the molecule is CC/C=C/CC/C=C/CC/C=C/C(O)C(COP(=O)([O-])OCC[N+](C)(C)C)NC(=O)CCCCC/C=C\CCCCCCCC. The molecule has 1 amide bonds. The fourth-order valence-electron chi connectivity index (χ4n) is 4.42. The van der Waals surface area contributed by atoms with Crippen molar-refractivity contribution in [2.24, 2.45) is 0 Å². The Kier molecular flexibility index (Phi) is 27.7. The summed E-state index contributed by atoms with van der Waals surface area (Å²) in [6, 6.07) is -0.913. The van der Waals surface area contributed by atoms with Crippen molar-refractivity contribution < 1.29 is 32.9 Å². The second-order valence-electron chi connectivity index (χ2n) is 12.8. The van der Waals surface area contributed by atoms with Gasteiger partial charge in [0.2, 0.25) is 5.91 Å². The molecule has 0 aromatic rings. The van der Waals surface area contributed by atoms with Crippen molar-refractivity contribution in [3.05, 3.63) is 48.6 Å². The number of nitrogens with one attached hydrogen (secondary N) is 1. The van der Waals surface area contributed by atoms with Gasteiger partial charge in [0.05, 0.1) is 39.9 Å². The van der Waals surface area contributed by atoms with Crippen molar-refractivity contribution in [1.82, 2.24) is 5.32 Å². The number of aliphatic hydroxyl groups excluding tert-OH is 1. The number of carbonyl (C=O) groups is 1. The summed E-state index contributed by atoms with van der Waals surface area (Å²) in [7, 11) is 1.21. The maximum atomic E-state index is 12.7. The Morgan fingerprint density at radius 2 is 1.31 bits per heavy atom. The highest BCUT2D eigenvalue weighted by Crippen LogP contribution is 2.38. The van der Waals surface area contributed by atoms with Gasteiger partial charge in [0, 0.05) is 6.42 Å². The van der Waals surface area contributed by atoms with Crippen molar-refractivity contribution in [2.45, 2.75) is 135 Å². The van der Waals surface area contributed by atoms with E-state index in [0.29, 0.717) is 17.4 Å². The van der Waals surface area contributed by atoms with E-state index in [9.17, 15) is 19.4 Å². The molecule has 262 valence electrons. The zero-order chi connectivity index (χ0) is 33.7. The van der Waals surface area contributed by atoms with E-state index in [2.05, 4.69) is 55.6 Å². The summed E-state index contributed by atoms with van der Waals surface area (Å²) >= 11 is 0. The van der Waals surface area contributed by atoms with Crippen LogP contribution in [-0.2, 0) is 18.4 Å². The maximum absolute atomic E-state index is 12.7. The van der Waals surface area contributed by atoms with Gasteiger partial charge in [-0.3, -0.25) is 9.36 Å². The normalized spacial score (nSPS) is 15.4. The molecule has 0 aliphatic carbocycles. The lowest BCUT2D eigenvalue weighted by molar-refractivity contribution is -0.870. The standard InChI is InChI=1S/C36H67N2O6P/c1-6-8-10-12-14-16-18-19-20-22-24-26-28-30-36(40)37-34(33-44-45(41,42)43-32-31-38(3,4)5)35(39)29-27-25-23-21-17-15-13-11-9-7-2/h9,11,17,19-21,27,29,34-35,39H,6-8,10,12-16,18,22-26,28,30-33H2,1-5H3,(H-,37,40,41,42)/b11-9+,20-19-,21-17+,29-27+. The highest BCUT2D eigenvalue weighted by molar-refractivity contribution is 7.45. The Hall–Kier alpha value is -1.54. The molecule has 0 aromatic carbocycles. The molecule has 0 bridgehead atoms. The van der Waals surface area contributed by atoms with Crippen LogP contribution < -0.4 is 10.2 Å². The number of amides is 1. The minimum absolute atomic E-state index is 0.0135. The van der Waals surface area contributed by atoms with Gasteiger partial charge < -0.3 is 28.8 Å². The molecule has 0 heterocycles. The number of carbonyl (C=O) groups excluding carboxylic acids is 1. The van der Waals surface area contributed by atoms with E-state index >= 15 is 0 Å². The molecule has 0 rings (SSSR count). The first-order chi connectivity index (χ1) is 21.5. The number of phosphoric ester groups is 1. The van der Waals surface area contributed by atoms with Crippen LogP contribution in [0.3, 0.4) is 0 Å². The largest absolute Gasteiger partial charge is 0.756 e. The summed E-state index contributed by atoms with van der Waals surface area (Å²) in [5.41, 5.74) is 0. The summed E-state index contributed by atoms with van der Waals surface area (Å²) in [6.07, 6.45) is 33.1. The van der Waals surface area contributed by atoms with Crippen LogP contribution in [0.1, 0.15) is 123 Å². The Morgan fingerprint density at radius 1 is 0.778 bits per heavy atom. The monoisotopic (exact) mass is 654 g/mol. The molecule has 0 saturated carbocycles. The highest BCUT2D eigenvalue weighted by atomic mass is 31.2. The lowest BCUT2D eigenvalue weighted by atomic mass is 10.1. The van der Waals surface area contributed by atoms with Crippen LogP contribution in [0.5, 0.6) is 0 Å². The molecule has 0 spiro atoms. The predicted molar refractivity (Wildman–Crippen MR) is 187 cm³/mol. The van der Waals surface area contributed by atoms with E-state index in [1.54, 1.807) is 6.08 Å². The Morgan fingerprint density at radius 3 is 1.91 bits per heavy atom. The number of allylic oxidation sites excluding steroid dienone is 7. The Labute approximate surface area is 276 Å². The van der Waals surface area contributed by atoms with Crippen molar-refractivity contribution in [3.8, 4) is 0 Å². The summed E-state index contributed by atoms with van der Waals surface area (Å²) < 4.78 is 23.0. The second kappa shape index (κ2) is 28.7. The first-order valence-corrected chi connectivity index (χ1v) is 19.0. The molecule has 0 aliphatic rings. The molecule has 2 N–H and O–H groups in total. The molecule has 3 atom stereocenters. The minimum atomic E-state index is -4.59. The van der Waals surface area contributed by atoms with E-state index in [1.165, 1.54) is 38.5 Å². The number of quaternary nitrogens is 1. The van der Waals surface area contributed by atoms with Crippen LogP contribution in [-0.4, -0.2) is 68.5 Å². The van der Waals surface area contributed by atoms with E-state index in [-0.39, 0.29) is 12.5 Å². The fraction of sp³-hybridized carbons (Fsp3) is 0.750. The third-order valence-corrected chi connectivity index (χ3v) is 8.21. The number of likely N-dealkylation sites (N-methyl/N-ethyl adjacent to an activating group) is 1. The zero-order valence-corrected chi connectivity index (χ0v) is 30.2. The molecule has 0 fully saturated rings. The average Bonchev–Trinajstić information content (AvgIpc) is 2.97. The topological polar surface area (TPSA) is 108 Å². The van der Waals surface area contributed by atoms with Crippen LogP contribution in [0.25, 0.3) is 0 Å². The Bertz CT molecular complexity index is 881. The molecule has 0 radical (unpaired) electrons. The lowest BCUT2D eigenvalue weighted by Gasteiger charge is -2.29. The molecule has 0 aromatic heterocycles. The molecule has 9 heteroatoms. The van der Waals surface area contributed by atoms with Crippen LogP contribution in [0.2, 0.25) is 0 Å². The lowest BCUT2D eigenvalue weighted by Crippen LogP contribution is -2.45. The van der Waals surface area contributed by atoms with Gasteiger partial charge in [0.1, 0.15) is 13.2 Å². The van der Waals surface area contributed by atoms with Gasteiger partial charge in [0.25, 0.3) is 7.82 Å². The fourth-order valence-corrected chi connectivity index (χ4v) is 5.14. The molecular formula is C36H67N2O6P. The third-order valence-electron chi connectivity index (χ3n) is 7.25. The molecular weight excluding hydrogens is 587 g/mol. The van der Waals surface area contributed by atoms with Gasteiger partial charge in [0.15, 0.2) is 0 Å². The zero-order valence-electron chi connectivity index (χ0n) is 29.3. The van der Waals surface area contributed by atoms with Gasteiger partial charge in [-0.15, -0.1) is 0 Å². The third kappa shape index (κ3) is 30.9. The second-order valence-corrected chi connectivity index (χ2v) is 14.2. The molecule has 0 aliphatic heterocycles. The van der Waals surface area contributed by atoms with E-state index in [4.69, 9.17) is 9.05 Å². The minimum Gasteiger partial charge on any atom is -0.756 e. The van der Waals surface area contributed by atoms with Gasteiger partial charge in [-0.25, -0.2) is 0 Å². The summed E-state index contributed by atoms with van der Waals surface area (Å²) in [5.74, 6) is -0.235. The number of phosphoric acid groups is 1. The average molecular weight is 655 g/mol. The van der Waals surface area contributed by atoms with Gasteiger partial charge >= 0.3 is 0 Å². The van der Waals surface area contributed by atoms with E-state index in [0.717, 1.165) is 64.2 Å². The highest BCUT2D eigenvalue weighted by Gasteiger charge is 2.23. The van der Waals surface area contributed by atoms with E-state index < -0.39 is 26.6 Å². The molecule has 0 saturated heterocycles. The van der Waals surface area contributed by atoms with Gasteiger partial charge in [-0.1, -0.05) is 101 Å². The van der Waals surface area contributed by atoms with E-state index in [1.807, 2.05) is 27.2 Å². The molecule has 3 unspecified atom stereocenters. The van der Waals surface area contributed by atoms with Gasteiger partial charge in [-0.2, -0.15) is 0 Å². The van der Waals surface area contributed by atoms with Crippen molar-refractivity contribution in [2.75, 3.05) is 40.9 Å². The number of nitrogens with zero attached hydrogens (tertiary/aromatic N) is 1. The summed E-state index contributed by atoms with van der Waals surface area (Å²) in [6.45, 7) is 4.42. The quantitative estimate of drug-likeness (QED) is 0.0353. The number of aliphatic hydroxyl groups is 1. The number of hydrogen-bond acceptors (Lipinski definition) is 6. The Balaban J connectivity index is 4.67. The summed E-state index contributed by atoms with van der Waals surface area (Å²) in [5, 5.41) is 13.6. The van der Waals surface area contributed by atoms with Gasteiger partial charge in [-0.05, 0) is 64.2 Å². The van der Waals surface area contributed by atoms with Crippen LogP contribution in [0, 0.1) is 0 Å². The number of rotatable bonds is 30. The molecule has 8 nitrogen and oxygen atoms in total. The van der Waals surface area contributed by atoms with Crippen molar-refractivity contribution in [1.29, 1.82) is 0 Å². The molecule has 45 heavy (non-hydrogen) atoms. The van der Waals surface area contributed by atoms with Crippen LogP contribution in [0.15, 0.2) is 48.6 Å². The van der Waals surface area contributed by atoms with Crippen molar-refractivity contribution >= 4 is 13.7 Å².